The van der Waals surface area contributed by atoms with E-state index in [1.165, 1.54) is 0 Å². The number of hydrogen-bond donors (Lipinski definition) is 0. The first kappa shape index (κ1) is 12.2. The van der Waals surface area contributed by atoms with E-state index in [1.54, 1.807) is 12.4 Å². The molecule has 0 bridgehead atoms. The molecule has 1 aromatic carbocycles. The second kappa shape index (κ2) is 5.40. The minimum atomic E-state index is 0.0177. The van der Waals surface area contributed by atoms with E-state index in [1.807, 2.05) is 49.0 Å². The quantitative estimate of drug-likeness (QED) is 0.607. The highest BCUT2D eigenvalue weighted by Crippen LogP contribution is 2.05. The molecule has 0 spiro atoms. The van der Waals surface area contributed by atoms with Gasteiger partial charge in [0.1, 0.15) is 12.4 Å². The lowest BCUT2D eigenvalue weighted by molar-refractivity contribution is 0.100. The van der Waals surface area contributed by atoms with E-state index < -0.39 is 0 Å². The number of aliphatic imine (C=N–C) groups is 1. The molecule has 2 aromatic rings. The van der Waals surface area contributed by atoms with Crippen LogP contribution in [0, 0.1) is 6.92 Å². The molecule has 0 atom stereocenters. The average molecular weight is 241 g/mol. The summed E-state index contributed by atoms with van der Waals surface area (Å²) in [5.41, 5.74) is 1.78. The molecule has 0 aliphatic carbocycles. The number of nitrogens with zero attached hydrogens (tertiary/aromatic N) is 3. The molecule has 0 fully saturated rings. The van der Waals surface area contributed by atoms with Crippen molar-refractivity contribution in [3.05, 3.63) is 53.6 Å². The number of ketones is 1. The molecule has 1 aromatic heterocycles. The summed E-state index contributed by atoms with van der Waals surface area (Å²) in [6, 6.07) is 7.53. The van der Waals surface area contributed by atoms with E-state index >= 15 is 0 Å². The lowest BCUT2D eigenvalue weighted by Crippen LogP contribution is -2.04. The van der Waals surface area contributed by atoms with Crippen molar-refractivity contribution in [2.45, 2.75) is 6.92 Å². The lowest BCUT2D eigenvalue weighted by atomic mass is 10.1. The number of Topliss-reactive ketones (excluding diaryl/α,β-unsaturated/α-hetero) is 1. The van der Waals surface area contributed by atoms with Crippen LogP contribution in [-0.4, -0.2) is 28.1 Å². The highest BCUT2D eigenvalue weighted by atomic mass is 16.1. The predicted molar refractivity (Wildman–Crippen MR) is 71.2 cm³/mol. The topological polar surface area (TPSA) is 47.2 Å². The highest BCUT2D eigenvalue weighted by molar-refractivity contribution is 5.98. The Morgan fingerprint density at radius 3 is 3.00 bits per heavy atom. The van der Waals surface area contributed by atoms with Crippen molar-refractivity contribution in [1.29, 1.82) is 0 Å². The Morgan fingerprint density at radius 1 is 1.50 bits per heavy atom. The van der Waals surface area contributed by atoms with Crippen molar-refractivity contribution < 1.29 is 4.79 Å². The number of carbonyl (C=O) groups excluding carboxylic acids is 1. The number of rotatable bonds is 4. The zero-order valence-corrected chi connectivity index (χ0v) is 10.5. The smallest absolute Gasteiger partial charge is 0.184 e. The van der Waals surface area contributed by atoms with Crippen LogP contribution in [0.1, 0.15) is 21.7 Å². The van der Waals surface area contributed by atoms with Crippen molar-refractivity contribution in [2.24, 2.45) is 12.0 Å². The zero-order valence-electron chi connectivity index (χ0n) is 10.5. The van der Waals surface area contributed by atoms with Crippen LogP contribution in [0.4, 0.5) is 0 Å². The number of aromatic nitrogens is 2. The maximum Gasteiger partial charge on any atom is 0.184 e. The van der Waals surface area contributed by atoms with E-state index in [2.05, 4.69) is 9.98 Å². The molecule has 92 valence electrons. The van der Waals surface area contributed by atoms with Crippen molar-refractivity contribution in [3.63, 3.8) is 0 Å². The number of hydrogen-bond acceptors (Lipinski definition) is 3. The second-order valence-corrected chi connectivity index (χ2v) is 4.16. The van der Waals surface area contributed by atoms with Gasteiger partial charge < -0.3 is 4.57 Å². The Kier molecular flexibility index (Phi) is 3.67. The first-order valence-electron chi connectivity index (χ1n) is 5.74. The predicted octanol–water partition coefficient (Wildman–Crippen LogP) is 2.03. The molecule has 0 saturated carbocycles. The number of imidazole rings is 1. The molecule has 0 saturated heterocycles. The van der Waals surface area contributed by atoms with E-state index in [0.29, 0.717) is 5.56 Å². The van der Waals surface area contributed by atoms with Gasteiger partial charge in [0.2, 0.25) is 0 Å². The molecule has 0 radical (unpaired) electrons. The van der Waals surface area contributed by atoms with Gasteiger partial charge in [0.15, 0.2) is 5.78 Å². The third-order valence-electron chi connectivity index (χ3n) is 2.64. The first-order chi connectivity index (χ1) is 8.66. The third kappa shape index (κ3) is 2.91. The molecule has 0 aliphatic heterocycles. The Balaban J connectivity index is 2.01. The van der Waals surface area contributed by atoms with E-state index in [9.17, 15) is 4.79 Å². The molecule has 1 heterocycles. The van der Waals surface area contributed by atoms with Gasteiger partial charge in [-0.05, 0) is 13.0 Å². The third-order valence-corrected chi connectivity index (χ3v) is 2.64. The summed E-state index contributed by atoms with van der Waals surface area (Å²) in [5.74, 6) is 0.760. The van der Waals surface area contributed by atoms with Crippen LogP contribution in [0.3, 0.4) is 0 Å². The molecule has 0 N–H and O–H groups in total. The minimum Gasteiger partial charge on any atom is -0.333 e. The standard InChI is InChI=1S/C14H15N3O/c1-11-4-3-5-12(8-11)13(18)9-15-10-14-16-6-7-17(14)2/h3-8,10H,9H2,1-2H3. The first-order valence-corrected chi connectivity index (χ1v) is 5.74. The SMILES string of the molecule is Cc1cccc(C(=O)CN=Cc2nccn2C)c1. The number of carbonyl (C=O) groups is 1. The van der Waals surface area contributed by atoms with E-state index in [-0.39, 0.29) is 12.3 Å². The Morgan fingerprint density at radius 2 is 2.33 bits per heavy atom. The molecule has 0 unspecified atom stereocenters. The molecule has 18 heavy (non-hydrogen) atoms. The van der Waals surface area contributed by atoms with Gasteiger partial charge in [-0.1, -0.05) is 23.8 Å². The van der Waals surface area contributed by atoms with Crippen molar-refractivity contribution in [1.82, 2.24) is 9.55 Å². The van der Waals surface area contributed by atoms with Gasteiger partial charge >= 0.3 is 0 Å². The summed E-state index contributed by atoms with van der Waals surface area (Å²) in [7, 11) is 1.89. The van der Waals surface area contributed by atoms with Gasteiger partial charge in [-0.15, -0.1) is 0 Å². The van der Waals surface area contributed by atoms with Crippen LogP contribution < -0.4 is 0 Å². The number of benzene rings is 1. The largest absolute Gasteiger partial charge is 0.333 e. The fraction of sp³-hybridized carbons (Fsp3) is 0.214. The van der Waals surface area contributed by atoms with Gasteiger partial charge in [0, 0.05) is 25.0 Å². The maximum atomic E-state index is 11.9. The van der Waals surface area contributed by atoms with Gasteiger partial charge in [-0.2, -0.15) is 0 Å². The van der Waals surface area contributed by atoms with Crippen LogP contribution in [0.2, 0.25) is 0 Å². The van der Waals surface area contributed by atoms with Gasteiger partial charge in [0.05, 0.1) is 6.21 Å². The highest BCUT2D eigenvalue weighted by Gasteiger charge is 2.04. The molecule has 0 aliphatic rings. The van der Waals surface area contributed by atoms with Crippen LogP contribution in [0.25, 0.3) is 0 Å². The van der Waals surface area contributed by atoms with Crippen LogP contribution >= 0.6 is 0 Å². The number of aryl methyl sites for hydroxylation is 2. The fourth-order valence-electron chi connectivity index (χ4n) is 1.62. The zero-order chi connectivity index (χ0) is 13.0. The minimum absolute atomic E-state index is 0.0177. The maximum absolute atomic E-state index is 11.9. The Labute approximate surface area is 106 Å². The van der Waals surface area contributed by atoms with Crippen molar-refractivity contribution in [3.8, 4) is 0 Å². The van der Waals surface area contributed by atoms with Crippen LogP contribution in [0.5, 0.6) is 0 Å². The summed E-state index contributed by atoms with van der Waals surface area (Å²) in [6.45, 7) is 2.12. The van der Waals surface area contributed by atoms with Crippen molar-refractivity contribution >= 4 is 12.0 Å². The lowest BCUT2D eigenvalue weighted by Gasteiger charge is -1.99. The average Bonchev–Trinajstić information content (AvgIpc) is 2.75. The van der Waals surface area contributed by atoms with Gasteiger partial charge in [0.25, 0.3) is 0 Å². The molecular weight excluding hydrogens is 226 g/mol. The summed E-state index contributed by atoms with van der Waals surface area (Å²) in [4.78, 5) is 20.1. The molecule has 0 amide bonds. The van der Waals surface area contributed by atoms with Crippen LogP contribution in [-0.2, 0) is 7.05 Å². The Bertz CT molecular complexity index is 584. The molecule has 4 nitrogen and oxygen atoms in total. The summed E-state index contributed by atoms with van der Waals surface area (Å²) >= 11 is 0. The fourth-order valence-corrected chi connectivity index (χ4v) is 1.62. The molecule has 4 heteroatoms. The van der Waals surface area contributed by atoms with Crippen LogP contribution in [0.15, 0.2) is 41.7 Å². The van der Waals surface area contributed by atoms with Crippen molar-refractivity contribution in [2.75, 3.05) is 6.54 Å². The van der Waals surface area contributed by atoms with E-state index in [4.69, 9.17) is 0 Å². The Hall–Kier alpha value is -2.23. The van der Waals surface area contributed by atoms with Gasteiger partial charge in [-0.3, -0.25) is 9.79 Å². The second-order valence-electron chi connectivity index (χ2n) is 4.16. The summed E-state index contributed by atoms with van der Waals surface area (Å²) in [5, 5.41) is 0. The van der Waals surface area contributed by atoms with E-state index in [0.717, 1.165) is 11.4 Å². The normalized spacial score (nSPS) is 11.0. The monoisotopic (exact) mass is 241 g/mol. The molecular formula is C14H15N3O. The molecule has 2 rings (SSSR count). The summed E-state index contributed by atoms with van der Waals surface area (Å²) < 4.78 is 1.85. The summed E-state index contributed by atoms with van der Waals surface area (Å²) in [6.07, 6.45) is 5.15. The van der Waals surface area contributed by atoms with Gasteiger partial charge in [-0.25, -0.2) is 4.98 Å².